The van der Waals surface area contributed by atoms with Gasteiger partial charge in [-0.15, -0.1) is 0 Å². The number of ether oxygens (including phenoxy) is 1. The maximum absolute atomic E-state index is 12.5. The Morgan fingerprint density at radius 3 is 2.54 bits per heavy atom. The summed E-state index contributed by atoms with van der Waals surface area (Å²) in [7, 11) is 0. The molecule has 3 rings (SSSR count). The zero-order valence-electron chi connectivity index (χ0n) is 15.3. The quantitative estimate of drug-likeness (QED) is 0.536. The number of halogens is 1. The van der Waals surface area contributed by atoms with Crippen molar-refractivity contribution in [2.75, 3.05) is 18.4 Å². The molecule has 0 aliphatic heterocycles. The fourth-order valence-electron chi connectivity index (χ4n) is 2.53. The monoisotopic (exact) mass is 396 g/mol. The molecule has 3 aromatic rings. The average molecular weight is 397 g/mol. The van der Waals surface area contributed by atoms with Crippen LogP contribution >= 0.6 is 11.6 Å². The molecule has 1 heterocycles. The number of rotatable bonds is 9. The number of nitrogens with zero attached hydrogens (tertiary/aromatic N) is 2. The molecule has 7 heteroatoms. The molecule has 2 aromatic carbocycles. The van der Waals surface area contributed by atoms with E-state index in [1.165, 1.54) is 0 Å². The van der Waals surface area contributed by atoms with Gasteiger partial charge >= 0.3 is 0 Å². The van der Waals surface area contributed by atoms with Crippen LogP contribution < -0.4 is 15.4 Å². The summed E-state index contributed by atoms with van der Waals surface area (Å²) in [5.74, 6) is 0.925. The minimum absolute atomic E-state index is 0.175. The van der Waals surface area contributed by atoms with E-state index in [-0.39, 0.29) is 5.91 Å². The van der Waals surface area contributed by atoms with Gasteiger partial charge in [-0.3, -0.25) is 4.79 Å². The number of benzene rings is 2. The lowest BCUT2D eigenvalue weighted by molar-refractivity contribution is 0.0949. The highest BCUT2D eigenvalue weighted by Gasteiger charge is 2.12. The molecule has 0 bridgehead atoms. The first-order valence-corrected chi connectivity index (χ1v) is 9.36. The van der Waals surface area contributed by atoms with Crippen LogP contribution in [0.25, 0.3) is 0 Å². The summed E-state index contributed by atoms with van der Waals surface area (Å²) < 4.78 is 5.84. The lowest BCUT2D eigenvalue weighted by Crippen LogP contribution is -2.26. The Balaban J connectivity index is 1.49. The summed E-state index contributed by atoms with van der Waals surface area (Å²) in [6.07, 6.45) is 4.10. The van der Waals surface area contributed by atoms with Crippen LogP contribution in [0.3, 0.4) is 0 Å². The Hall–Kier alpha value is -3.12. The number of hydrogen-bond donors (Lipinski definition) is 2. The number of anilines is 1. The normalized spacial score (nSPS) is 10.3. The van der Waals surface area contributed by atoms with Gasteiger partial charge in [0.1, 0.15) is 12.4 Å². The van der Waals surface area contributed by atoms with Crippen molar-refractivity contribution >= 4 is 23.5 Å². The van der Waals surface area contributed by atoms with Crippen LogP contribution in [0.2, 0.25) is 5.02 Å². The van der Waals surface area contributed by atoms with Gasteiger partial charge in [0.05, 0.1) is 5.56 Å². The number of hydrogen-bond acceptors (Lipinski definition) is 5. The van der Waals surface area contributed by atoms with E-state index in [1.54, 1.807) is 30.6 Å². The Labute approximate surface area is 168 Å². The molecule has 0 radical (unpaired) electrons. The molecule has 0 unspecified atom stereocenters. The van der Waals surface area contributed by atoms with Crippen LogP contribution in [-0.2, 0) is 6.61 Å². The van der Waals surface area contributed by atoms with E-state index < -0.39 is 0 Å². The molecule has 0 spiro atoms. The van der Waals surface area contributed by atoms with Crippen molar-refractivity contribution in [2.24, 2.45) is 0 Å². The van der Waals surface area contributed by atoms with Gasteiger partial charge in [0, 0.05) is 36.1 Å². The predicted molar refractivity (Wildman–Crippen MR) is 110 cm³/mol. The summed E-state index contributed by atoms with van der Waals surface area (Å²) in [5.41, 5.74) is 1.36. The predicted octanol–water partition coefficient (Wildman–Crippen LogP) is 3.94. The van der Waals surface area contributed by atoms with E-state index in [0.29, 0.717) is 42.0 Å². The van der Waals surface area contributed by atoms with E-state index in [0.717, 1.165) is 12.0 Å². The van der Waals surface area contributed by atoms with Gasteiger partial charge in [-0.05, 0) is 30.7 Å². The minimum Gasteiger partial charge on any atom is -0.488 e. The average Bonchev–Trinajstić information content (AvgIpc) is 2.74. The van der Waals surface area contributed by atoms with E-state index in [9.17, 15) is 4.79 Å². The third-order valence-corrected chi connectivity index (χ3v) is 4.33. The lowest BCUT2D eigenvalue weighted by atomic mass is 10.2. The van der Waals surface area contributed by atoms with Crippen molar-refractivity contribution in [3.8, 4) is 5.75 Å². The highest BCUT2D eigenvalue weighted by Crippen LogP contribution is 2.22. The third kappa shape index (κ3) is 5.69. The Morgan fingerprint density at radius 2 is 1.71 bits per heavy atom. The summed E-state index contributed by atoms with van der Waals surface area (Å²) >= 11 is 6.16. The first-order chi connectivity index (χ1) is 13.7. The molecule has 0 saturated heterocycles. The van der Waals surface area contributed by atoms with E-state index in [4.69, 9.17) is 16.3 Å². The molecule has 0 fully saturated rings. The van der Waals surface area contributed by atoms with Gasteiger partial charge in [0.15, 0.2) is 0 Å². The van der Waals surface area contributed by atoms with Crippen molar-refractivity contribution in [3.63, 3.8) is 0 Å². The second-order valence-electron chi connectivity index (χ2n) is 5.98. The van der Waals surface area contributed by atoms with Gasteiger partial charge in [-0.1, -0.05) is 41.9 Å². The molecule has 0 aliphatic rings. The summed E-state index contributed by atoms with van der Waals surface area (Å²) in [6, 6.07) is 16.4. The molecular weight excluding hydrogens is 376 g/mol. The van der Waals surface area contributed by atoms with Gasteiger partial charge in [-0.25, -0.2) is 9.97 Å². The Morgan fingerprint density at radius 1 is 0.964 bits per heavy atom. The van der Waals surface area contributed by atoms with Gasteiger partial charge < -0.3 is 15.4 Å². The first kappa shape index (κ1) is 19.6. The van der Waals surface area contributed by atoms with E-state index >= 15 is 0 Å². The molecule has 1 aromatic heterocycles. The Kier molecular flexibility index (Phi) is 7.21. The molecule has 6 nitrogen and oxygen atoms in total. The largest absolute Gasteiger partial charge is 0.488 e. The summed E-state index contributed by atoms with van der Waals surface area (Å²) in [4.78, 5) is 20.7. The standard InChI is InChI=1S/C21H21ClN4O2/c22-18-9-3-1-7-16(18)15-28-19-10-4-2-8-17(19)20(27)23-11-5-12-24-21-25-13-6-14-26-21/h1-4,6-10,13-14H,5,11-12,15H2,(H,23,27)(H,24,25,26). The maximum atomic E-state index is 12.5. The number of nitrogens with one attached hydrogen (secondary N) is 2. The highest BCUT2D eigenvalue weighted by molar-refractivity contribution is 6.31. The first-order valence-electron chi connectivity index (χ1n) is 8.98. The molecular formula is C21H21ClN4O2. The van der Waals surface area contributed by atoms with Crippen molar-refractivity contribution in [3.05, 3.63) is 83.1 Å². The molecule has 0 saturated carbocycles. The lowest BCUT2D eigenvalue weighted by Gasteiger charge is -2.12. The third-order valence-electron chi connectivity index (χ3n) is 3.96. The van der Waals surface area contributed by atoms with Crippen molar-refractivity contribution in [1.82, 2.24) is 15.3 Å². The van der Waals surface area contributed by atoms with Gasteiger partial charge in [0.2, 0.25) is 5.95 Å². The SMILES string of the molecule is O=C(NCCCNc1ncccn1)c1ccccc1OCc1ccccc1Cl. The molecule has 144 valence electrons. The van der Waals surface area contributed by atoms with Crippen LogP contribution in [0.1, 0.15) is 22.3 Å². The smallest absolute Gasteiger partial charge is 0.255 e. The van der Waals surface area contributed by atoms with Crippen molar-refractivity contribution in [2.45, 2.75) is 13.0 Å². The zero-order chi connectivity index (χ0) is 19.6. The molecule has 1 amide bonds. The van der Waals surface area contributed by atoms with Crippen LogP contribution in [0, 0.1) is 0 Å². The van der Waals surface area contributed by atoms with Crippen LogP contribution in [0.4, 0.5) is 5.95 Å². The Bertz CT molecular complexity index is 906. The topological polar surface area (TPSA) is 76.1 Å². The second-order valence-corrected chi connectivity index (χ2v) is 6.39. The maximum Gasteiger partial charge on any atom is 0.255 e. The number of carbonyl (C=O) groups excluding carboxylic acids is 1. The number of para-hydroxylation sites is 1. The number of carbonyl (C=O) groups is 1. The highest BCUT2D eigenvalue weighted by atomic mass is 35.5. The van der Waals surface area contributed by atoms with Crippen LogP contribution in [0.15, 0.2) is 67.0 Å². The minimum atomic E-state index is -0.175. The van der Waals surface area contributed by atoms with Crippen molar-refractivity contribution in [1.29, 1.82) is 0 Å². The number of amides is 1. The van der Waals surface area contributed by atoms with E-state index in [1.807, 2.05) is 36.4 Å². The fraction of sp³-hybridized carbons (Fsp3) is 0.190. The van der Waals surface area contributed by atoms with Crippen LogP contribution in [0.5, 0.6) is 5.75 Å². The molecule has 2 N–H and O–H groups in total. The van der Waals surface area contributed by atoms with Gasteiger partial charge in [-0.2, -0.15) is 0 Å². The van der Waals surface area contributed by atoms with Crippen molar-refractivity contribution < 1.29 is 9.53 Å². The molecule has 0 aliphatic carbocycles. The second kappa shape index (κ2) is 10.3. The molecule has 0 atom stereocenters. The fourth-order valence-corrected chi connectivity index (χ4v) is 2.72. The number of aromatic nitrogens is 2. The van der Waals surface area contributed by atoms with E-state index in [2.05, 4.69) is 20.6 Å². The van der Waals surface area contributed by atoms with Crippen LogP contribution in [-0.4, -0.2) is 29.0 Å². The zero-order valence-corrected chi connectivity index (χ0v) is 16.0. The van der Waals surface area contributed by atoms with Gasteiger partial charge in [0.25, 0.3) is 5.91 Å². The molecule has 28 heavy (non-hydrogen) atoms. The summed E-state index contributed by atoms with van der Waals surface area (Å²) in [5, 5.41) is 6.65. The summed E-state index contributed by atoms with van der Waals surface area (Å²) in [6.45, 7) is 1.48.